The van der Waals surface area contributed by atoms with E-state index >= 15 is 0 Å². The van der Waals surface area contributed by atoms with E-state index in [2.05, 4.69) is 20.3 Å². The van der Waals surface area contributed by atoms with Crippen LogP contribution in [0.5, 0.6) is 11.8 Å². The molecule has 2 aliphatic carbocycles. The van der Waals surface area contributed by atoms with Gasteiger partial charge in [0.05, 0.1) is 23.4 Å². The number of hydrogen-bond acceptors (Lipinski definition) is 8. The second kappa shape index (κ2) is 9.00. The molecule has 10 nitrogen and oxygen atoms in total. The van der Waals surface area contributed by atoms with E-state index in [1.165, 1.54) is 0 Å². The SMILES string of the molecule is Cc1ccnc(OCc2c(-c3ccc(O[C@H]4C[C@H]5CC[C@@H](C(=O)O)[C@H]5C4)c(C)n3)nnn2C)n1. The summed E-state index contributed by atoms with van der Waals surface area (Å²) in [6, 6.07) is 5.88. The summed E-state index contributed by atoms with van der Waals surface area (Å²) >= 11 is 0. The third-order valence-corrected chi connectivity index (χ3v) is 7.02. The Bertz CT molecular complexity index is 1210. The maximum atomic E-state index is 11.5. The Balaban J connectivity index is 1.29. The molecule has 0 aliphatic heterocycles. The van der Waals surface area contributed by atoms with E-state index in [4.69, 9.17) is 14.5 Å². The second-order valence-corrected chi connectivity index (χ2v) is 9.21. The summed E-state index contributed by atoms with van der Waals surface area (Å²) in [5.41, 5.74) is 3.64. The molecular weight excluding hydrogens is 436 g/mol. The Hall–Kier alpha value is -3.56. The fourth-order valence-corrected chi connectivity index (χ4v) is 5.29. The van der Waals surface area contributed by atoms with Crippen LogP contribution >= 0.6 is 0 Å². The molecule has 0 bridgehead atoms. The van der Waals surface area contributed by atoms with Crippen LogP contribution in [-0.4, -0.2) is 47.1 Å². The number of carbonyl (C=O) groups is 1. The summed E-state index contributed by atoms with van der Waals surface area (Å²) in [6.07, 6.45) is 5.13. The van der Waals surface area contributed by atoms with Crippen molar-refractivity contribution >= 4 is 5.97 Å². The number of aliphatic carboxylic acids is 1. The first kappa shape index (κ1) is 22.2. The predicted octanol–water partition coefficient (Wildman–Crippen LogP) is 3.13. The maximum absolute atomic E-state index is 11.5. The van der Waals surface area contributed by atoms with E-state index < -0.39 is 5.97 Å². The van der Waals surface area contributed by atoms with Crippen molar-refractivity contribution in [2.75, 3.05) is 0 Å². The highest BCUT2D eigenvalue weighted by Crippen LogP contribution is 2.48. The van der Waals surface area contributed by atoms with E-state index in [0.717, 1.165) is 48.5 Å². The molecular formula is C24H28N6O4. The third-order valence-electron chi connectivity index (χ3n) is 7.02. The summed E-state index contributed by atoms with van der Waals surface area (Å²) in [6.45, 7) is 3.99. The van der Waals surface area contributed by atoms with Crippen LogP contribution in [0.15, 0.2) is 24.4 Å². The van der Waals surface area contributed by atoms with E-state index in [1.807, 2.05) is 32.0 Å². The molecule has 2 saturated carbocycles. The highest BCUT2D eigenvalue weighted by molar-refractivity contribution is 5.71. The molecule has 4 atom stereocenters. The van der Waals surface area contributed by atoms with Crippen molar-refractivity contribution in [3.8, 4) is 23.1 Å². The van der Waals surface area contributed by atoms with Crippen molar-refractivity contribution in [3.63, 3.8) is 0 Å². The van der Waals surface area contributed by atoms with Gasteiger partial charge in [0.2, 0.25) is 0 Å². The van der Waals surface area contributed by atoms with Crippen molar-refractivity contribution in [1.82, 2.24) is 29.9 Å². The molecule has 2 fully saturated rings. The van der Waals surface area contributed by atoms with Crippen LogP contribution in [0.1, 0.15) is 42.8 Å². The van der Waals surface area contributed by atoms with Crippen molar-refractivity contribution in [1.29, 1.82) is 0 Å². The lowest BCUT2D eigenvalue weighted by Crippen LogP contribution is -2.21. The van der Waals surface area contributed by atoms with Gasteiger partial charge in [0.1, 0.15) is 23.7 Å². The number of carboxylic acid groups (broad SMARTS) is 1. The van der Waals surface area contributed by atoms with Crippen LogP contribution in [0.25, 0.3) is 11.4 Å². The van der Waals surface area contributed by atoms with E-state index in [9.17, 15) is 9.90 Å². The van der Waals surface area contributed by atoms with Gasteiger partial charge in [0.15, 0.2) is 0 Å². The summed E-state index contributed by atoms with van der Waals surface area (Å²) in [5, 5.41) is 17.9. The van der Waals surface area contributed by atoms with Crippen molar-refractivity contribution in [2.45, 2.75) is 52.2 Å². The van der Waals surface area contributed by atoms with Gasteiger partial charge >= 0.3 is 12.0 Å². The molecule has 10 heteroatoms. The zero-order chi connectivity index (χ0) is 23.8. The second-order valence-electron chi connectivity index (χ2n) is 9.21. The average Bonchev–Trinajstić information content (AvgIpc) is 3.48. The van der Waals surface area contributed by atoms with Crippen molar-refractivity contribution in [2.24, 2.45) is 24.8 Å². The monoisotopic (exact) mass is 464 g/mol. The maximum Gasteiger partial charge on any atom is 0.316 e. The first-order valence-corrected chi connectivity index (χ1v) is 11.6. The molecule has 1 N–H and O–H groups in total. The number of fused-ring (bicyclic) bond motifs is 1. The van der Waals surface area contributed by atoms with Gasteiger partial charge in [-0.2, -0.15) is 0 Å². The van der Waals surface area contributed by atoms with Gasteiger partial charge in [0, 0.05) is 18.9 Å². The lowest BCUT2D eigenvalue weighted by atomic mass is 9.92. The fourth-order valence-electron chi connectivity index (χ4n) is 5.29. The van der Waals surface area contributed by atoms with E-state index in [0.29, 0.717) is 23.3 Å². The van der Waals surface area contributed by atoms with Gasteiger partial charge in [-0.05, 0) is 69.6 Å². The number of ether oxygens (including phenoxy) is 2. The highest BCUT2D eigenvalue weighted by Gasteiger charge is 2.47. The Labute approximate surface area is 197 Å². The van der Waals surface area contributed by atoms with Gasteiger partial charge < -0.3 is 14.6 Å². The minimum absolute atomic E-state index is 0.0262. The fraction of sp³-hybridized carbons (Fsp3) is 0.500. The smallest absolute Gasteiger partial charge is 0.316 e. The standard InChI is InChI=1S/C24H28N6O4/c1-13-8-9-25-24(26-13)33-12-20-22(28-29-30(20)3)19-6-7-21(14(2)27-19)34-16-10-15-4-5-17(23(31)32)18(15)11-16/h6-9,15-18H,4-5,10-12H2,1-3H3,(H,31,32)/t15-,16+,17-,18+/m1/s1. The van der Waals surface area contributed by atoms with Crippen LogP contribution < -0.4 is 9.47 Å². The number of aromatic nitrogens is 6. The number of carboxylic acids is 1. The van der Waals surface area contributed by atoms with Crippen LogP contribution in [0.4, 0.5) is 0 Å². The molecule has 0 aromatic carbocycles. The van der Waals surface area contributed by atoms with E-state index in [-0.39, 0.29) is 24.5 Å². The van der Waals surface area contributed by atoms with Gasteiger partial charge in [0.25, 0.3) is 0 Å². The average molecular weight is 465 g/mol. The number of hydrogen-bond donors (Lipinski definition) is 1. The largest absolute Gasteiger partial charge is 0.489 e. The van der Waals surface area contributed by atoms with Gasteiger partial charge in [-0.1, -0.05) is 5.21 Å². The first-order valence-electron chi connectivity index (χ1n) is 11.6. The Kier molecular flexibility index (Phi) is 5.89. The van der Waals surface area contributed by atoms with Crippen LogP contribution in [0.2, 0.25) is 0 Å². The molecule has 0 amide bonds. The van der Waals surface area contributed by atoms with Gasteiger partial charge in [-0.3, -0.25) is 4.79 Å². The van der Waals surface area contributed by atoms with Crippen molar-refractivity contribution < 1.29 is 19.4 Å². The molecule has 3 aromatic rings. The van der Waals surface area contributed by atoms with Gasteiger partial charge in [-0.15, -0.1) is 5.10 Å². The minimum Gasteiger partial charge on any atom is -0.489 e. The molecule has 3 heterocycles. The minimum atomic E-state index is -0.673. The van der Waals surface area contributed by atoms with E-state index in [1.54, 1.807) is 17.9 Å². The molecule has 0 saturated heterocycles. The van der Waals surface area contributed by atoms with Crippen molar-refractivity contribution in [3.05, 3.63) is 41.5 Å². The molecule has 34 heavy (non-hydrogen) atoms. The summed E-state index contributed by atoms with van der Waals surface area (Å²) in [5.74, 6) is 0.471. The Morgan fingerprint density at radius 1 is 1.18 bits per heavy atom. The molecule has 2 aliphatic rings. The molecule has 0 radical (unpaired) electrons. The topological polar surface area (TPSA) is 125 Å². The summed E-state index contributed by atoms with van der Waals surface area (Å²) in [4.78, 5) is 24.6. The number of rotatable bonds is 7. The molecule has 0 spiro atoms. The van der Waals surface area contributed by atoms with Crippen LogP contribution in [0.3, 0.4) is 0 Å². The molecule has 3 aromatic heterocycles. The number of aryl methyl sites for hydroxylation is 3. The molecule has 5 rings (SSSR count). The van der Waals surface area contributed by atoms with Gasteiger partial charge in [-0.25, -0.2) is 19.6 Å². The van der Waals surface area contributed by atoms with Crippen LogP contribution in [0, 0.1) is 31.6 Å². The summed E-state index contributed by atoms with van der Waals surface area (Å²) in [7, 11) is 1.80. The molecule has 0 unspecified atom stereocenters. The normalized spacial score (nSPS) is 23.6. The Morgan fingerprint density at radius 2 is 2.03 bits per heavy atom. The zero-order valence-corrected chi connectivity index (χ0v) is 19.5. The quantitative estimate of drug-likeness (QED) is 0.561. The number of pyridine rings is 1. The lowest BCUT2D eigenvalue weighted by Gasteiger charge is -2.18. The summed E-state index contributed by atoms with van der Waals surface area (Å²) < 4.78 is 13.7. The van der Waals surface area contributed by atoms with Crippen LogP contribution in [-0.2, 0) is 18.4 Å². The first-order chi connectivity index (χ1) is 16.4. The lowest BCUT2D eigenvalue weighted by molar-refractivity contribution is -0.143. The molecule has 178 valence electrons. The highest BCUT2D eigenvalue weighted by atomic mass is 16.5. The third kappa shape index (κ3) is 4.32. The zero-order valence-electron chi connectivity index (χ0n) is 19.5. The predicted molar refractivity (Wildman–Crippen MR) is 121 cm³/mol. The number of nitrogens with zero attached hydrogens (tertiary/aromatic N) is 6. The Morgan fingerprint density at radius 3 is 2.79 bits per heavy atom.